The Bertz CT molecular complexity index is 755. The first-order chi connectivity index (χ1) is 9.72. The predicted octanol–water partition coefficient (Wildman–Crippen LogP) is 4.57. The number of nitrogens with zero attached hydrogens (tertiary/aromatic N) is 1. The Morgan fingerprint density at radius 2 is 2.00 bits per heavy atom. The summed E-state index contributed by atoms with van der Waals surface area (Å²) >= 11 is 4.70. The van der Waals surface area contributed by atoms with Crippen molar-refractivity contribution < 1.29 is 9.21 Å². The maximum atomic E-state index is 12.0. The Labute approximate surface area is 128 Å². The number of rotatable bonds is 4. The van der Waals surface area contributed by atoms with Crippen molar-refractivity contribution in [2.45, 2.75) is 5.22 Å². The van der Waals surface area contributed by atoms with Gasteiger partial charge in [-0.25, -0.2) is 4.98 Å². The SMILES string of the molecule is O=C(CSc1nc2ccc(Br)cc2o1)c1ccccc1. The van der Waals surface area contributed by atoms with E-state index in [9.17, 15) is 4.79 Å². The summed E-state index contributed by atoms with van der Waals surface area (Å²) in [7, 11) is 0. The molecule has 3 nitrogen and oxygen atoms in total. The van der Waals surface area contributed by atoms with Crippen molar-refractivity contribution in [2.24, 2.45) is 0 Å². The zero-order valence-electron chi connectivity index (χ0n) is 10.4. The number of halogens is 1. The summed E-state index contributed by atoms with van der Waals surface area (Å²) < 4.78 is 6.55. The molecule has 100 valence electrons. The summed E-state index contributed by atoms with van der Waals surface area (Å²) in [6, 6.07) is 14.9. The molecular weight excluding hydrogens is 338 g/mol. The highest BCUT2D eigenvalue weighted by Gasteiger charge is 2.10. The fourth-order valence-electron chi connectivity index (χ4n) is 1.77. The lowest BCUT2D eigenvalue weighted by Gasteiger charge is -1.97. The Balaban J connectivity index is 1.72. The standard InChI is InChI=1S/C15H10BrNO2S/c16-11-6-7-12-14(8-11)19-15(17-12)20-9-13(18)10-4-2-1-3-5-10/h1-8H,9H2. The summed E-state index contributed by atoms with van der Waals surface area (Å²) in [4.78, 5) is 16.3. The second-order valence-corrected chi connectivity index (χ2v) is 6.01. The Kier molecular flexibility index (Phi) is 3.89. The van der Waals surface area contributed by atoms with Crippen LogP contribution in [-0.2, 0) is 0 Å². The van der Waals surface area contributed by atoms with Crippen LogP contribution in [0.1, 0.15) is 10.4 Å². The molecule has 0 spiro atoms. The number of carbonyl (C=O) groups is 1. The van der Waals surface area contributed by atoms with Gasteiger partial charge in [0.05, 0.1) is 5.75 Å². The molecule has 0 saturated heterocycles. The molecular formula is C15H10BrNO2S. The zero-order chi connectivity index (χ0) is 13.9. The molecule has 1 aromatic heterocycles. The van der Waals surface area contributed by atoms with Crippen molar-refractivity contribution in [3.05, 3.63) is 58.6 Å². The van der Waals surface area contributed by atoms with Gasteiger partial charge in [-0.15, -0.1) is 0 Å². The van der Waals surface area contributed by atoms with Crippen LogP contribution in [0.2, 0.25) is 0 Å². The third-order valence-electron chi connectivity index (χ3n) is 2.75. The average Bonchev–Trinajstić information content (AvgIpc) is 2.87. The van der Waals surface area contributed by atoms with Gasteiger partial charge >= 0.3 is 0 Å². The van der Waals surface area contributed by atoms with Gasteiger partial charge in [-0.2, -0.15) is 0 Å². The maximum Gasteiger partial charge on any atom is 0.257 e. The van der Waals surface area contributed by atoms with Crippen molar-refractivity contribution >= 4 is 44.6 Å². The minimum Gasteiger partial charge on any atom is -0.431 e. The van der Waals surface area contributed by atoms with E-state index in [0.717, 1.165) is 9.99 Å². The monoisotopic (exact) mass is 347 g/mol. The Morgan fingerprint density at radius 1 is 1.20 bits per heavy atom. The molecule has 0 radical (unpaired) electrons. The molecule has 1 heterocycles. The molecule has 0 aliphatic rings. The van der Waals surface area contributed by atoms with Crippen LogP contribution in [0.4, 0.5) is 0 Å². The number of hydrogen-bond acceptors (Lipinski definition) is 4. The van der Waals surface area contributed by atoms with Crippen molar-refractivity contribution in [3.8, 4) is 0 Å². The second-order valence-electron chi connectivity index (χ2n) is 4.17. The number of thioether (sulfide) groups is 1. The topological polar surface area (TPSA) is 43.1 Å². The van der Waals surface area contributed by atoms with Gasteiger partial charge in [-0.3, -0.25) is 4.79 Å². The van der Waals surface area contributed by atoms with Gasteiger partial charge in [0.2, 0.25) is 0 Å². The van der Waals surface area contributed by atoms with E-state index < -0.39 is 0 Å². The first kappa shape index (κ1) is 13.4. The lowest BCUT2D eigenvalue weighted by molar-refractivity contribution is 0.102. The molecule has 3 aromatic rings. The highest BCUT2D eigenvalue weighted by atomic mass is 79.9. The molecule has 20 heavy (non-hydrogen) atoms. The van der Waals surface area contributed by atoms with Crippen LogP contribution >= 0.6 is 27.7 Å². The van der Waals surface area contributed by atoms with E-state index in [2.05, 4.69) is 20.9 Å². The zero-order valence-corrected chi connectivity index (χ0v) is 12.8. The van der Waals surface area contributed by atoms with Gasteiger partial charge in [0.25, 0.3) is 5.22 Å². The van der Waals surface area contributed by atoms with Crippen LogP contribution in [0.25, 0.3) is 11.1 Å². The van der Waals surface area contributed by atoms with Crippen molar-refractivity contribution in [1.29, 1.82) is 0 Å². The van der Waals surface area contributed by atoms with Crippen LogP contribution in [0.5, 0.6) is 0 Å². The normalized spacial score (nSPS) is 10.8. The maximum absolute atomic E-state index is 12.0. The summed E-state index contributed by atoms with van der Waals surface area (Å²) in [6.07, 6.45) is 0. The van der Waals surface area contributed by atoms with E-state index in [0.29, 0.717) is 22.1 Å². The molecule has 0 fully saturated rings. The number of oxazole rings is 1. The number of aromatic nitrogens is 1. The summed E-state index contributed by atoms with van der Waals surface area (Å²) in [5, 5.41) is 0.516. The molecule has 0 saturated carbocycles. The predicted molar refractivity (Wildman–Crippen MR) is 83.2 cm³/mol. The molecule has 5 heteroatoms. The van der Waals surface area contributed by atoms with Crippen LogP contribution in [0, 0.1) is 0 Å². The second kappa shape index (κ2) is 5.81. The smallest absolute Gasteiger partial charge is 0.257 e. The van der Waals surface area contributed by atoms with Crippen LogP contribution in [-0.4, -0.2) is 16.5 Å². The molecule has 0 aliphatic carbocycles. The largest absolute Gasteiger partial charge is 0.431 e. The Hall–Kier alpha value is -1.59. The quantitative estimate of drug-likeness (QED) is 0.512. The van der Waals surface area contributed by atoms with Gasteiger partial charge in [0.15, 0.2) is 11.4 Å². The van der Waals surface area contributed by atoms with E-state index in [1.165, 1.54) is 11.8 Å². The summed E-state index contributed by atoms with van der Waals surface area (Å²) in [5.74, 6) is 0.386. The van der Waals surface area contributed by atoms with Gasteiger partial charge in [-0.05, 0) is 18.2 Å². The minimum absolute atomic E-state index is 0.0686. The first-order valence-corrected chi connectivity index (χ1v) is 7.77. The van der Waals surface area contributed by atoms with E-state index in [1.54, 1.807) is 0 Å². The number of Topliss-reactive ketones (excluding diaryl/α,β-unsaturated/α-hetero) is 1. The van der Waals surface area contributed by atoms with Crippen LogP contribution in [0.15, 0.2) is 62.6 Å². The number of ketones is 1. The van der Waals surface area contributed by atoms with E-state index in [-0.39, 0.29) is 5.78 Å². The van der Waals surface area contributed by atoms with E-state index in [1.807, 2.05) is 48.5 Å². The van der Waals surface area contributed by atoms with Gasteiger partial charge in [0.1, 0.15) is 5.52 Å². The van der Waals surface area contributed by atoms with E-state index >= 15 is 0 Å². The summed E-state index contributed by atoms with van der Waals surface area (Å²) in [5.41, 5.74) is 2.22. The Morgan fingerprint density at radius 3 is 2.80 bits per heavy atom. The van der Waals surface area contributed by atoms with Gasteiger partial charge in [-0.1, -0.05) is 58.0 Å². The number of carbonyl (C=O) groups excluding carboxylic acids is 1. The molecule has 0 N–H and O–H groups in total. The van der Waals surface area contributed by atoms with Crippen LogP contribution < -0.4 is 0 Å². The molecule has 0 atom stereocenters. The number of fused-ring (bicyclic) bond motifs is 1. The number of benzene rings is 2. The molecule has 0 aliphatic heterocycles. The molecule has 3 rings (SSSR count). The first-order valence-electron chi connectivity index (χ1n) is 5.99. The lowest BCUT2D eigenvalue weighted by atomic mass is 10.2. The van der Waals surface area contributed by atoms with Crippen molar-refractivity contribution in [3.63, 3.8) is 0 Å². The van der Waals surface area contributed by atoms with Crippen LogP contribution in [0.3, 0.4) is 0 Å². The van der Waals surface area contributed by atoms with Gasteiger partial charge < -0.3 is 4.42 Å². The van der Waals surface area contributed by atoms with E-state index in [4.69, 9.17) is 4.42 Å². The van der Waals surface area contributed by atoms with Crippen molar-refractivity contribution in [1.82, 2.24) is 4.98 Å². The molecule has 0 amide bonds. The third kappa shape index (κ3) is 2.94. The molecule has 0 bridgehead atoms. The molecule has 2 aromatic carbocycles. The van der Waals surface area contributed by atoms with Crippen molar-refractivity contribution in [2.75, 3.05) is 5.75 Å². The summed E-state index contributed by atoms with van der Waals surface area (Å²) in [6.45, 7) is 0. The fraction of sp³-hybridized carbons (Fsp3) is 0.0667. The highest BCUT2D eigenvalue weighted by Crippen LogP contribution is 2.26. The van der Waals surface area contributed by atoms with Gasteiger partial charge in [0, 0.05) is 10.0 Å². The minimum atomic E-state index is 0.0686. The highest BCUT2D eigenvalue weighted by molar-refractivity contribution is 9.10. The number of hydrogen-bond donors (Lipinski definition) is 0. The molecule has 0 unspecified atom stereocenters. The third-order valence-corrected chi connectivity index (χ3v) is 4.07. The lowest BCUT2D eigenvalue weighted by Crippen LogP contribution is -2.01. The fourth-order valence-corrected chi connectivity index (χ4v) is 2.85. The average molecular weight is 348 g/mol.